The van der Waals surface area contributed by atoms with Crippen molar-refractivity contribution in [3.05, 3.63) is 12.2 Å². The van der Waals surface area contributed by atoms with E-state index in [0.717, 1.165) is 0 Å². The standard InChI is InChI=1S/C10H16N5O5P/c1-6-13-9(11)8-10(14-6)15(4-12-8)2-7(3-16)20-5-21(17,18)19/h4,7,16H,2-3,5H2,1H3,(H2,11,13,14)(H2,17,18,19)/t7-/m1/s1. The number of aryl methyl sites for hydroxylation is 1. The van der Waals surface area contributed by atoms with Crippen molar-refractivity contribution in [3.63, 3.8) is 0 Å². The number of anilines is 1. The van der Waals surface area contributed by atoms with Crippen LogP contribution in [0.4, 0.5) is 5.82 Å². The van der Waals surface area contributed by atoms with Crippen LogP contribution in [0.5, 0.6) is 0 Å². The number of nitrogens with two attached hydrogens (primary N) is 1. The molecule has 0 saturated carbocycles. The first-order chi connectivity index (χ1) is 9.80. The Balaban J connectivity index is 2.20. The number of nitrogen functional groups attached to an aromatic ring is 1. The minimum absolute atomic E-state index is 0.128. The summed E-state index contributed by atoms with van der Waals surface area (Å²) in [4.78, 5) is 29.8. The molecule has 0 aromatic carbocycles. The van der Waals surface area contributed by atoms with E-state index in [1.165, 1.54) is 6.33 Å². The van der Waals surface area contributed by atoms with Gasteiger partial charge in [0.15, 0.2) is 11.5 Å². The second-order valence-electron chi connectivity index (χ2n) is 4.49. The lowest BCUT2D eigenvalue weighted by molar-refractivity contribution is 0.0202. The maximum absolute atomic E-state index is 10.8. The number of hydrogen-bond donors (Lipinski definition) is 4. The fraction of sp³-hybridized carbons (Fsp3) is 0.500. The van der Waals surface area contributed by atoms with E-state index in [9.17, 15) is 9.67 Å². The van der Waals surface area contributed by atoms with Gasteiger partial charge in [0.2, 0.25) is 0 Å². The minimum Gasteiger partial charge on any atom is -0.394 e. The number of imidazole rings is 1. The molecule has 0 aliphatic heterocycles. The Morgan fingerprint density at radius 3 is 2.81 bits per heavy atom. The van der Waals surface area contributed by atoms with Gasteiger partial charge in [-0.05, 0) is 6.92 Å². The SMILES string of the molecule is Cc1nc(N)c2ncn(C[C@H](CO)OCP(=O)(O)O)c2n1. The normalized spacial score (nSPS) is 13.7. The van der Waals surface area contributed by atoms with Gasteiger partial charge >= 0.3 is 7.60 Å². The summed E-state index contributed by atoms with van der Waals surface area (Å²) >= 11 is 0. The first kappa shape index (κ1) is 15.8. The Morgan fingerprint density at radius 2 is 2.19 bits per heavy atom. The Hall–Kier alpha value is -1.58. The van der Waals surface area contributed by atoms with Crippen molar-refractivity contribution in [2.75, 3.05) is 18.7 Å². The molecular formula is C10H16N5O5P. The second-order valence-corrected chi connectivity index (χ2v) is 6.08. The molecule has 0 fully saturated rings. The molecule has 1 atom stereocenters. The maximum atomic E-state index is 10.8. The number of rotatable bonds is 6. The van der Waals surface area contributed by atoms with Crippen LogP contribution in [0.2, 0.25) is 0 Å². The lowest BCUT2D eigenvalue weighted by atomic mass is 10.3. The van der Waals surface area contributed by atoms with Crippen molar-refractivity contribution in [1.82, 2.24) is 19.5 Å². The zero-order chi connectivity index (χ0) is 15.6. The summed E-state index contributed by atoms with van der Waals surface area (Å²) in [5, 5.41) is 9.23. The summed E-state index contributed by atoms with van der Waals surface area (Å²) in [6, 6.07) is 0. The van der Waals surface area contributed by atoms with E-state index in [-0.39, 0.29) is 12.4 Å². The molecule has 0 unspecified atom stereocenters. The molecule has 0 bridgehead atoms. The van der Waals surface area contributed by atoms with Gasteiger partial charge in [-0.1, -0.05) is 0 Å². The third kappa shape index (κ3) is 3.96. The highest BCUT2D eigenvalue weighted by Crippen LogP contribution is 2.34. The quantitative estimate of drug-likeness (QED) is 0.502. The molecule has 2 aromatic rings. The molecule has 21 heavy (non-hydrogen) atoms. The molecule has 5 N–H and O–H groups in total. The summed E-state index contributed by atoms with van der Waals surface area (Å²) in [6.07, 6.45) is -0.105. The molecule has 2 aromatic heterocycles. The highest BCUT2D eigenvalue weighted by Gasteiger charge is 2.19. The lowest BCUT2D eigenvalue weighted by Gasteiger charge is -2.16. The van der Waals surface area contributed by atoms with Crippen LogP contribution in [0.15, 0.2) is 6.33 Å². The molecule has 0 amide bonds. The molecule has 0 saturated heterocycles. The van der Waals surface area contributed by atoms with Crippen LogP contribution in [0, 0.1) is 6.92 Å². The third-order valence-electron chi connectivity index (χ3n) is 2.69. The van der Waals surface area contributed by atoms with Crippen molar-refractivity contribution in [3.8, 4) is 0 Å². The van der Waals surface area contributed by atoms with Crippen LogP contribution >= 0.6 is 7.60 Å². The van der Waals surface area contributed by atoms with E-state index in [2.05, 4.69) is 15.0 Å². The van der Waals surface area contributed by atoms with E-state index < -0.39 is 26.7 Å². The number of nitrogens with zero attached hydrogens (tertiary/aromatic N) is 4. The Labute approximate surface area is 119 Å². The maximum Gasteiger partial charge on any atom is 0.350 e. The van der Waals surface area contributed by atoms with Crippen molar-refractivity contribution >= 4 is 24.6 Å². The molecule has 2 rings (SSSR count). The summed E-state index contributed by atoms with van der Waals surface area (Å²) in [7, 11) is -4.29. The van der Waals surface area contributed by atoms with Crippen molar-refractivity contribution in [1.29, 1.82) is 0 Å². The molecule has 0 aliphatic rings. The molecule has 0 spiro atoms. The predicted octanol–water partition coefficient (Wildman–Crippen LogP) is -0.770. The fourth-order valence-electron chi connectivity index (χ4n) is 1.80. The van der Waals surface area contributed by atoms with Crippen molar-refractivity contribution in [2.24, 2.45) is 0 Å². The van der Waals surface area contributed by atoms with E-state index in [4.69, 9.17) is 20.3 Å². The summed E-state index contributed by atoms with van der Waals surface area (Å²) in [5.41, 5.74) is 6.63. The van der Waals surface area contributed by atoms with Crippen LogP contribution in [-0.2, 0) is 15.8 Å². The summed E-state index contributed by atoms with van der Waals surface area (Å²) in [6.45, 7) is 1.41. The first-order valence-electron chi connectivity index (χ1n) is 6.02. The van der Waals surface area contributed by atoms with Crippen LogP contribution in [0.3, 0.4) is 0 Å². The molecular weight excluding hydrogens is 301 g/mol. The van der Waals surface area contributed by atoms with E-state index in [0.29, 0.717) is 17.0 Å². The molecule has 10 nitrogen and oxygen atoms in total. The van der Waals surface area contributed by atoms with Gasteiger partial charge in [0, 0.05) is 0 Å². The van der Waals surface area contributed by atoms with E-state index in [1.807, 2.05) is 0 Å². The van der Waals surface area contributed by atoms with Crippen LogP contribution < -0.4 is 5.73 Å². The lowest BCUT2D eigenvalue weighted by Crippen LogP contribution is -2.24. The number of aliphatic hydroxyl groups excluding tert-OH is 1. The zero-order valence-electron chi connectivity index (χ0n) is 11.2. The number of ether oxygens (including phenoxy) is 1. The van der Waals surface area contributed by atoms with Gasteiger partial charge in [-0.3, -0.25) is 4.57 Å². The zero-order valence-corrected chi connectivity index (χ0v) is 12.1. The van der Waals surface area contributed by atoms with Gasteiger partial charge in [-0.25, -0.2) is 15.0 Å². The fourth-order valence-corrected chi connectivity index (χ4v) is 2.20. The van der Waals surface area contributed by atoms with Gasteiger partial charge < -0.3 is 29.9 Å². The molecule has 116 valence electrons. The number of hydrogen-bond acceptors (Lipinski definition) is 7. The summed E-state index contributed by atoms with van der Waals surface area (Å²) in [5.74, 6) is 0.714. The third-order valence-corrected chi connectivity index (χ3v) is 3.17. The Kier molecular flexibility index (Phi) is 4.55. The van der Waals surface area contributed by atoms with Crippen molar-refractivity contribution in [2.45, 2.75) is 19.6 Å². The van der Waals surface area contributed by atoms with Gasteiger partial charge in [-0.2, -0.15) is 0 Å². The monoisotopic (exact) mass is 317 g/mol. The summed E-state index contributed by atoms with van der Waals surface area (Å²) < 4.78 is 17.4. The highest BCUT2D eigenvalue weighted by molar-refractivity contribution is 7.51. The topological polar surface area (TPSA) is 157 Å². The average molecular weight is 317 g/mol. The van der Waals surface area contributed by atoms with Gasteiger partial charge in [0.1, 0.15) is 17.7 Å². The molecule has 0 radical (unpaired) electrons. The average Bonchev–Trinajstić information content (AvgIpc) is 2.76. The number of aromatic nitrogens is 4. The number of fused-ring (bicyclic) bond motifs is 1. The molecule has 11 heteroatoms. The van der Waals surface area contributed by atoms with Gasteiger partial charge in [0.05, 0.1) is 25.6 Å². The smallest absolute Gasteiger partial charge is 0.350 e. The Bertz CT molecular complexity index is 684. The van der Waals surface area contributed by atoms with Crippen LogP contribution in [-0.4, -0.2) is 53.5 Å². The van der Waals surface area contributed by atoms with Crippen molar-refractivity contribution < 1.29 is 24.2 Å². The molecule has 0 aliphatic carbocycles. The van der Waals surface area contributed by atoms with E-state index >= 15 is 0 Å². The minimum atomic E-state index is -4.29. The second kappa shape index (κ2) is 6.04. The van der Waals surface area contributed by atoms with Gasteiger partial charge in [-0.15, -0.1) is 0 Å². The predicted molar refractivity (Wildman–Crippen MR) is 73.3 cm³/mol. The molecule has 2 heterocycles. The Morgan fingerprint density at radius 1 is 1.48 bits per heavy atom. The van der Waals surface area contributed by atoms with Crippen LogP contribution in [0.25, 0.3) is 11.2 Å². The number of aliphatic hydroxyl groups is 1. The largest absolute Gasteiger partial charge is 0.394 e. The van der Waals surface area contributed by atoms with Crippen LogP contribution in [0.1, 0.15) is 5.82 Å². The van der Waals surface area contributed by atoms with Gasteiger partial charge in [0.25, 0.3) is 0 Å². The first-order valence-corrected chi connectivity index (χ1v) is 7.82. The van der Waals surface area contributed by atoms with E-state index in [1.54, 1.807) is 11.5 Å². The highest BCUT2D eigenvalue weighted by atomic mass is 31.2.